The Morgan fingerprint density at radius 1 is 1.29 bits per heavy atom. The summed E-state index contributed by atoms with van der Waals surface area (Å²) in [5.41, 5.74) is 2.95. The maximum Gasteiger partial charge on any atom is 0.235 e. The minimum atomic E-state index is -0.422. The first-order chi connectivity index (χ1) is 8.10. The van der Waals surface area contributed by atoms with E-state index in [1.54, 1.807) is 6.08 Å². The molecule has 1 fully saturated rings. The number of halogens is 1. The topological polar surface area (TPSA) is 29.4 Å². The van der Waals surface area contributed by atoms with E-state index in [0.29, 0.717) is 5.02 Å². The summed E-state index contributed by atoms with van der Waals surface area (Å²) in [5.74, 6) is 0. The molecule has 0 spiro atoms. The van der Waals surface area contributed by atoms with Crippen LogP contribution >= 0.6 is 11.6 Å². The Kier molecular flexibility index (Phi) is 3.37. The highest BCUT2D eigenvalue weighted by molar-refractivity contribution is 6.31. The lowest BCUT2D eigenvalue weighted by molar-refractivity contribution is 0.453. The van der Waals surface area contributed by atoms with E-state index in [0.717, 1.165) is 36.8 Å². The van der Waals surface area contributed by atoms with E-state index in [-0.39, 0.29) is 0 Å². The number of carbonyl (C=O) groups excluding carboxylic acids is 1. The second kappa shape index (κ2) is 4.64. The predicted octanol–water partition coefficient (Wildman–Crippen LogP) is 4.06. The SMILES string of the molecule is Cc1ccc(Cl)c(C2(N=C=O)CCCC2)c1C. The van der Waals surface area contributed by atoms with Crippen LogP contribution in [0.5, 0.6) is 0 Å². The molecule has 0 amide bonds. The fourth-order valence-corrected chi connectivity index (χ4v) is 3.20. The molecule has 2 nitrogen and oxygen atoms in total. The minimum Gasteiger partial charge on any atom is -0.211 e. The molecule has 1 aromatic carbocycles. The quantitative estimate of drug-likeness (QED) is 0.574. The highest BCUT2D eigenvalue weighted by Crippen LogP contribution is 2.46. The van der Waals surface area contributed by atoms with E-state index >= 15 is 0 Å². The molecule has 0 aliphatic heterocycles. The van der Waals surface area contributed by atoms with Crippen LogP contribution < -0.4 is 0 Å². The van der Waals surface area contributed by atoms with Crippen LogP contribution in [0.15, 0.2) is 17.1 Å². The molecule has 0 heterocycles. The van der Waals surface area contributed by atoms with Crippen LogP contribution in [0.1, 0.15) is 42.4 Å². The van der Waals surface area contributed by atoms with Crippen molar-refractivity contribution in [2.24, 2.45) is 4.99 Å². The van der Waals surface area contributed by atoms with Gasteiger partial charge in [0.2, 0.25) is 6.08 Å². The number of aryl methyl sites for hydroxylation is 1. The smallest absolute Gasteiger partial charge is 0.211 e. The number of hydrogen-bond acceptors (Lipinski definition) is 2. The van der Waals surface area contributed by atoms with Gasteiger partial charge in [-0.2, -0.15) is 4.99 Å². The molecule has 0 N–H and O–H groups in total. The lowest BCUT2D eigenvalue weighted by atomic mass is 9.84. The molecule has 90 valence electrons. The summed E-state index contributed by atoms with van der Waals surface area (Å²) in [6.45, 7) is 4.11. The van der Waals surface area contributed by atoms with Crippen molar-refractivity contribution >= 4 is 17.7 Å². The van der Waals surface area contributed by atoms with Crippen LogP contribution in [0.2, 0.25) is 5.02 Å². The van der Waals surface area contributed by atoms with Crippen LogP contribution in [0, 0.1) is 13.8 Å². The largest absolute Gasteiger partial charge is 0.235 e. The van der Waals surface area contributed by atoms with Crippen LogP contribution in [-0.2, 0) is 10.3 Å². The van der Waals surface area contributed by atoms with Gasteiger partial charge in [0.05, 0.1) is 5.54 Å². The van der Waals surface area contributed by atoms with Gasteiger partial charge in [0, 0.05) is 10.6 Å². The first-order valence-electron chi connectivity index (χ1n) is 5.96. The molecular formula is C14H16ClNO. The molecule has 1 aliphatic rings. The monoisotopic (exact) mass is 249 g/mol. The van der Waals surface area contributed by atoms with E-state index in [9.17, 15) is 4.79 Å². The van der Waals surface area contributed by atoms with Crippen molar-refractivity contribution in [1.29, 1.82) is 0 Å². The lowest BCUT2D eigenvalue weighted by Gasteiger charge is -2.27. The van der Waals surface area contributed by atoms with Crippen molar-refractivity contribution in [1.82, 2.24) is 0 Å². The zero-order valence-corrected chi connectivity index (χ0v) is 11.0. The third kappa shape index (κ3) is 2.03. The van der Waals surface area contributed by atoms with Gasteiger partial charge in [0.15, 0.2) is 0 Å². The summed E-state index contributed by atoms with van der Waals surface area (Å²) >= 11 is 6.32. The molecule has 3 heteroatoms. The summed E-state index contributed by atoms with van der Waals surface area (Å²) < 4.78 is 0. The fraction of sp³-hybridized carbons (Fsp3) is 0.500. The molecule has 0 atom stereocenters. The standard InChI is InChI=1S/C14H16ClNO/c1-10-5-6-12(15)13(11(10)2)14(16-9-17)7-3-4-8-14/h5-6H,3-4,7-8H2,1-2H3. The molecule has 17 heavy (non-hydrogen) atoms. The Morgan fingerprint density at radius 2 is 1.94 bits per heavy atom. The first-order valence-corrected chi connectivity index (χ1v) is 6.34. The van der Waals surface area contributed by atoms with Crippen molar-refractivity contribution in [3.8, 4) is 0 Å². The van der Waals surface area contributed by atoms with Gasteiger partial charge in [-0.15, -0.1) is 0 Å². The Hall–Kier alpha value is -1.11. The summed E-state index contributed by atoms with van der Waals surface area (Å²) in [4.78, 5) is 14.8. The van der Waals surface area contributed by atoms with Crippen LogP contribution in [0.25, 0.3) is 0 Å². The summed E-state index contributed by atoms with van der Waals surface area (Å²) in [6.07, 6.45) is 5.71. The first kappa shape index (κ1) is 12.3. The van der Waals surface area contributed by atoms with Crippen molar-refractivity contribution in [2.75, 3.05) is 0 Å². The molecule has 0 radical (unpaired) electrons. The molecule has 1 aromatic rings. The van der Waals surface area contributed by atoms with Crippen molar-refractivity contribution in [3.63, 3.8) is 0 Å². The maximum absolute atomic E-state index is 10.7. The molecule has 0 saturated heterocycles. The number of benzene rings is 1. The maximum atomic E-state index is 10.7. The minimum absolute atomic E-state index is 0.422. The van der Waals surface area contributed by atoms with Gasteiger partial charge < -0.3 is 0 Å². The molecule has 0 aromatic heterocycles. The van der Waals surface area contributed by atoms with Crippen molar-refractivity contribution < 1.29 is 4.79 Å². The van der Waals surface area contributed by atoms with Gasteiger partial charge in [0.1, 0.15) is 0 Å². The lowest BCUT2D eigenvalue weighted by Crippen LogP contribution is -2.21. The summed E-state index contributed by atoms with van der Waals surface area (Å²) in [6, 6.07) is 3.91. The molecule has 1 aliphatic carbocycles. The molecule has 0 unspecified atom stereocenters. The fourth-order valence-electron chi connectivity index (χ4n) is 2.82. The summed E-state index contributed by atoms with van der Waals surface area (Å²) in [7, 11) is 0. The number of aliphatic imine (C=N–C) groups is 1. The van der Waals surface area contributed by atoms with E-state index < -0.39 is 5.54 Å². The molecule has 0 bridgehead atoms. The Balaban J connectivity index is 2.65. The van der Waals surface area contributed by atoms with Crippen LogP contribution in [0.3, 0.4) is 0 Å². The molecule has 2 rings (SSSR count). The average molecular weight is 250 g/mol. The van der Waals surface area contributed by atoms with E-state index in [2.05, 4.69) is 18.8 Å². The number of isocyanates is 1. The second-order valence-corrected chi connectivity index (χ2v) is 5.21. The summed E-state index contributed by atoms with van der Waals surface area (Å²) in [5, 5.41) is 0.717. The van der Waals surface area contributed by atoms with Crippen molar-refractivity contribution in [3.05, 3.63) is 33.8 Å². The van der Waals surface area contributed by atoms with E-state index in [1.807, 2.05) is 12.1 Å². The van der Waals surface area contributed by atoms with Gasteiger partial charge in [-0.1, -0.05) is 30.5 Å². The number of hydrogen-bond donors (Lipinski definition) is 0. The van der Waals surface area contributed by atoms with Crippen LogP contribution in [-0.4, -0.2) is 6.08 Å². The van der Waals surface area contributed by atoms with Crippen molar-refractivity contribution in [2.45, 2.75) is 45.1 Å². The third-order valence-corrected chi connectivity index (χ3v) is 4.16. The zero-order chi connectivity index (χ0) is 12.5. The average Bonchev–Trinajstić information content (AvgIpc) is 2.74. The Bertz CT molecular complexity index is 483. The Labute approximate surface area is 107 Å². The molecule has 1 saturated carbocycles. The van der Waals surface area contributed by atoms with Gasteiger partial charge in [-0.05, 0) is 43.9 Å². The second-order valence-electron chi connectivity index (χ2n) is 4.81. The highest BCUT2D eigenvalue weighted by Gasteiger charge is 2.38. The highest BCUT2D eigenvalue weighted by atomic mass is 35.5. The van der Waals surface area contributed by atoms with Crippen LogP contribution in [0.4, 0.5) is 0 Å². The number of rotatable bonds is 2. The Morgan fingerprint density at radius 3 is 2.53 bits per heavy atom. The molecular weight excluding hydrogens is 234 g/mol. The van der Waals surface area contributed by atoms with Gasteiger partial charge in [0.25, 0.3) is 0 Å². The van der Waals surface area contributed by atoms with Gasteiger partial charge >= 0.3 is 0 Å². The number of nitrogens with zero attached hydrogens (tertiary/aromatic N) is 1. The normalized spacial score (nSPS) is 17.8. The third-order valence-electron chi connectivity index (χ3n) is 3.84. The van der Waals surface area contributed by atoms with E-state index in [1.165, 1.54) is 5.56 Å². The predicted molar refractivity (Wildman–Crippen MR) is 69.2 cm³/mol. The van der Waals surface area contributed by atoms with Gasteiger partial charge in [-0.3, -0.25) is 0 Å². The zero-order valence-electron chi connectivity index (χ0n) is 10.2. The van der Waals surface area contributed by atoms with Gasteiger partial charge in [-0.25, -0.2) is 4.79 Å². The van der Waals surface area contributed by atoms with E-state index in [4.69, 9.17) is 11.6 Å².